The third kappa shape index (κ3) is 2.70. The molecule has 0 bridgehead atoms. The van der Waals surface area contributed by atoms with Crippen molar-refractivity contribution in [3.8, 4) is 5.75 Å². The summed E-state index contributed by atoms with van der Waals surface area (Å²) in [6.45, 7) is 1.65. The van der Waals surface area contributed by atoms with E-state index in [-0.39, 0.29) is 18.0 Å². The van der Waals surface area contributed by atoms with Crippen LogP contribution >= 0.6 is 11.3 Å². The molecule has 3 heterocycles. The zero-order chi connectivity index (χ0) is 15.8. The molecular formula is C15H16N4O3S. The molecule has 0 aliphatic carbocycles. The number of thiazole rings is 1. The van der Waals surface area contributed by atoms with Gasteiger partial charge in [0.05, 0.1) is 23.3 Å². The number of carbonyl (C=O) groups excluding carboxylic acids is 2. The molecular weight excluding hydrogens is 316 g/mol. The van der Waals surface area contributed by atoms with E-state index in [0.29, 0.717) is 26.1 Å². The lowest BCUT2D eigenvalue weighted by molar-refractivity contribution is -0.120. The molecule has 7 nitrogen and oxygen atoms in total. The summed E-state index contributed by atoms with van der Waals surface area (Å²) in [7, 11) is 0. The summed E-state index contributed by atoms with van der Waals surface area (Å²) in [4.78, 5) is 29.5. The van der Waals surface area contributed by atoms with Crippen LogP contribution in [-0.2, 0) is 4.79 Å². The lowest BCUT2D eigenvalue weighted by Gasteiger charge is -2.39. The molecule has 120 valence electrons. The van der Waals surface area contributed by atoms with Crippen molar-refractivity contribution in [2.24, 2.45) is 0 Å². The quantitative estimate of drug-likeness (QED) is 0.877. The number of hydrogen-bond acceptors (Lipinski definition) is 5. The molecule has 23 heavy (non-hydrogen) atoms. The average molecular weight is 332 g/mol. The number of nitrogens with zero attached hydrogens (tertiary/aromatic N) is 2. The number of para-hydroxylation sites is 1. The van der Waals surface area contributed by atoms with Crippen LogP contribution in [-0.4, -0.2) is 53.6 Å². The van der Waals surface area contributed by atoms with Crippen molar-refractivity contribution in [3.05, 3.63) is 23.7 Å². The molecule has 1 unspecified atom stereocenters. The van der Waals surface area contributed by atoms with E-state index in [1.54, 1.807) is 21.7 Å². The maximum absolute atomic E-state index is 12.1. The lowest BCUT2D eigenvalue weighted by atomic mass is 10.1. The van der Waals surface area contributed by atoms with Gasteiger partial charge in [-0.3, -0.25) is 4.79 Å². The zero-order valence-electron chi connectivity index (χ0n) is 12.3. The molecule has 0 spiro atoms. The molecule has 2 fully saturated rings. The van der Waals surface area contributed by atoms with Crippen molar-refractivity contribution in [2.45, 2.75) is 18.6 Å². The Balaban J connectivity index is 1.32. The van der Waals surface area contributed by atoms with Crippen molar-refractivity contribution in [3.63, 3.8) is 0 Å². The van der Waals surface area contributed by atoms with Crippen LogP contribution in [0.5, 0.6) is 5.75 Å². The Labute approximate surface area is 136 Å². The minimum absolute atomic E-state index is 0.0366. The highest BCUT2D eigenvalue weighted by molar-refractivity contribution is 7.16. The zero-order valence-corrected chi connectivity index (χ0v) is 13.1. The van der Waals surface area contributed by atoms with Gasteiger partial charge in [-0.15, -0.1) is 11.3 Å². The standard InChI is InChI=1S/C15H16N4O3S/c20-14-10(4-5-16-14)18-15(21)19-6-9(7-19)22-11-2-1-3-12-13(11)17-8-23-12/h1-3,8-10H,4-7H2,(H,16,20)(H,18,21). The molecule has 2 saturated heterocycles. The molecule has 2 aromatic rings. The van der Waals surface area contributed by atoms with E-state index in [2.05, 4.69) is 15.6 Å². The third-order valence-electron chi connectivity index (χ3n) is 4.10. The minimum atomic E-state index is -0.411. The molecule has 0 saturated carbocycles. The second-order valence-electron chi connectivity index (χ2n) is 5.68. The van der Waals surface area contributed by atoms with E-state index in [9.17, 15) is 9.59 Å². The fraction of sp³-hybridized carbons (Fsp3) is 0.400. The van der Waals surface area contributed by atoms with Crippen LogP contribution < -0.4 is 15.4 Å². The first-order valence-corrected chi connectivity index (χ1v) is 8.41. The summed E-state index contributed by atoms with van der Waals surface area (Å²) < 4.78 is 7.02. The number of hydrogen-bond donors (Lipinski definition) is 2. The summed E-state index contributed by atoms with van der Waals surface area (Å²) in [5, 5.41) is 5.45. The van der Waals surface area contributed by atoms with E-state index in [1.807, 2.05) is 18.2 Å². The largest absolute Gasteiger partial charge is 0.484 e. The van der Waals surface area contributed by atoms with Gasteiger partial charge in [-0.05, 0) is 18.6 Å². The Morgan fingerprint density at radius 1 is 1.43 bits per heavy atom. The van der Waals surface area contributed by atoms with E-state index in [4.69, 9.17) is 4.74 Å². The predicted molar refractivity (Wildman–Crippen MR) is 85.6 cm³/mol. The third-order valence-corrected chi connectivity index (χ3v) is 4.89. The fourth-order valence-electron chi connectivity index (χ4n) is 2.79. The Bertz CT molecular complexity index is 756. The summed E-state index contributed by atoms with van der Waals surface area (Å²) in [6.07, 6.45) is 0.606. The number of aromatic nitrogens is 1. The molecule has 2 N–H and O–H groups in total. The van der Waals surface area contributed by atoms with Gasteiger partial charge >= 0.3 is 6.03 Å². The van der Waals surface area contributed by atoms with Gasteiger partial charge in [0.15, 0.2) is 0 Å². The van der Waals surface area contributed by atoms with Crippen molar-refractivity contribution in [1.82, 2.24) is 20.5 Å². The van der Waals surface area contributed by atoms with Gasteiger partial charge in [0.25, 0.3) is 0 Å². The normalized spacial score (nSPS) is 21.1. The maximum Gasteiger partial charge on any atom is 0.318 e. The molecule has 0 radical (unpaired) electrons. The maximum atomic E-state index is 12.1. The van der Waals surface area contributed by atoms with Crippen molar-refractivity contribution >= 4 is 33.5 Å². The van der Waals surface area contributed by atoms with E-state index in [1.165, 1.54) is 0 Å². The Hall–Kier alpha value is -2.35. The molecule has 1 atom stereocenters. The monoisotopic (exact) mass is 332 g/mol. The topological polar surface area (TPSA) is 83.6 Å². The van der Waals surface area contributed by atoms with E-state index >= 15 is 0 Å². The molecule has 2 aliphatic rings. The average Bonchev–Trinajstić information content (AvgIpc) is 3.12. The number of fused-ring (bicyclic) bond motifs is 1. The van der Waals surface area contributed by atoms with Crippen LogP contribution in [0.4, 0.5) is 4.79 Å². The number of ether oxygens (including phenoxy) is 1. The first-order chi connectivity index (χ1) is 11.2. The number of urea groups is 1. The van der Waals surface area contributed by atoms with Crippen LogP contribution in [0.2, 0.25) is 0 Å². The fourth-order valence-corrected chi connectivity index (χ4v) is 3.48. The van der Waals surface area contributed by atoms with Crippen LogP contribution in [0, 0.1) is 0 Å². The highest BCUT2D eigenvalue weighted by Gasteiger charge is 2.35. The van der Waals surface area contributed by atoms with Gasteiger partial charge in [0.2, 0.25) is 5.91 Å². The SMILES string of the molecule is O=C1NCCC1NC(=O)N1CC(Oc2cccc3scnc23)C1. The molecule has 4 rings (SSSR count). The van der Waals surface area contributed by atoms with Crippen LogP contribution in [0.3, 0.4) is 0 Å². The Morgan fingerprint density at radius 3 is 3.09 bits per heavy atom. The number of amides is 3. The van der Waals surface area contributed by atoms with Gasteiger partial charge in [0.1, 0.15) is 23.4 Å². The summed E-state index contributed by atoms with van der Waals surface area (Å²) in [5.74, 6) is 0.644. The van der Waals surface area contributed by atoms with Gasteiger partial charge < -0.3 is 20.3 Å². The highest BCUT2D eigenvalue weighted by atomic mass is 32.1. The number of rotatable bonds is 3. The summed E-state index contributed by atoms with van der Waals surface area (Å²) in [5.41, 5.74) is 2.66. The van der Waals surface area contributed by atoms with Crippen molar-refractivity contribution < 1.29 is 14.3 Å². The summed E-state index contributed by atoms with van der Waals surface area (Å²) in [6, 6.07) is 5.23. The minimum Gasteiger partial charge on any atom is -0.484 e. The van der Waals surface area contributed by atoms with Crippen LogP contribution in [0.25, 0.3) is 10.2 Å². The van der Waals surface area contributed by atoms with Gasteiger partial charge in [-0.2, -0.15) is 0 Å². The molecule has 1 aromatic heterocycles. The second kappa shape index (κ2) is 5.69. The number of nitrogens with one attached hydrogen (secondary N) is 2. The highest BCUT2D eigenvalue weighted by Crippen LogP contribution is 2.29. The van der Waals surface area contributed by atoms with E-state index < -0.39 is 6.04 Å². The second-order valence-corrected chi connectivity index (χ2v) is 6.57. The van der Waals surface area contributed by atoms with Crippen molar-refractivity contribution in [1.29, 1.82) is 0 Å². The molecule has 1 aromatic carbocycles. The predicted octanol–water partition coefficient (Wildman–Crippen LogP) is 0.957. The number of likely N-dealkylation sites (tertiary alicyclic amines) is 1. The number of benzene rings is 1. The van der Waals surface area contributed by atoms with E-state index in [0.717, 1.165) is 16.0 Å². The van der Waals surface area contributed by atoms with Gasteiger partial charge in [-0.1, -0.05) is 6.07 Å². The lowest BCUT2D eigenvalue weighted by Crippen LogP contribution is -2.60. The smallest absolute Gasteiger partial charge is 0.318 e. The Kier molecular flexibility index (Phi) is 3.53. The molecule has 3 amide bonds. The van der Waals surface area contributed by atoms with Gasteiger partial charge in [-0.25, -0.2) is 9.78 Å². The first kappa shape index (κ1) is 14.3. The summed E-state index contributed by atoms with van der Waals surface area (Å²) >= 11 is 1.57. The number of carbonyl (C=O) groups is 2. The molecule has 2 aliphatic heterocycles. The van der Waals surface area contributed by atoms with Crippen LogP contribution in [0.15, 0.2) is 23.7 Å². The van der Waals surface area contributed by atoms with Crippen LogP contribution in [0.1, 0.15) is 6.42 Å². The molecule has 8 heteroatoms. The van der Waals surface area contributed by atoms with Crippen molar-refractivity contribution in [2.75, 3.05) is 19.6 Å². The Morgan fingerprint density at radius 2 is 2.30 bits per heavy atom. The van der Waals surface area contributed by atoms with Gasteiger partial charge in [0, 0.05) is 6.54 Å². The first-order valence-electron chi connectivity index (χ1n) is 7.53.